The van der Waals surface area contributed by atoms with Crippen LogP contribution < -0.4 is 9.64 Å². The molecule has 1 unspecified atom stereocenters. The SMILES string of the molecule is COc1ccc(C)cc1/C(O)=C1\C(=O)C(=O)N(c2cc(Cl)ccc2O)C1c1ccncc1. The van der Waals surface area contributed by atoms with Gasteiger partial charge in [0.25, 0.3) is 11.7 Å². The number of Topliss-reactive ketones (excluding diaryl/α,β-unsaturated/α-hetero) is 1. The Labute approximate surface area is 189 Å². The van der Waals surface area contributed by atoms with Crippen LogP contribution in [0.2, 0.25) is 5.02 Å². The van der Waals surface area contributed by atoms with Crippen molar-refractivity contribution in [1.82, 2.24) is 4.98 Å². The number of aromatic hydroxyl groups is 1. The van der Waals surface area contributed by atoms with Gasteiger partial charge in [0, 0.05) is 17.4 Å². The molecule has 7 nitrogen and oxygen atoms in total. The quantitative estimate of drug-likeness (QED) is 0.347. The summed E-state index contributed by atoms with van der Waals surface area (Å²) in [5.41, 5.74) is 1.54. The molecule has 2 aromatic carbocycles. The van der Waals surface area contributed by atoms with Gasteiger partial charge in [0.15, 0.2) is 0 Å². The van der Waals surface area contributed by atoms with E-state index in [-0.39, 0.29) is 33.4 Å². The molecule has 0 saturated carbocycles. The number of halogens is 1. The van der Waals surface area contributed by atoms with Crippen molar-refractivity contribution in [3.05, 3.63) is 88.2 Å². The van der Waals surface area contributed by atoms with Gasteiger partial charge in [-0.1, -0.05) is 23.2 Å². The van der Waals surface area contributed by atoms with Crippen molar-refractivity contribution in [3.63, 3.8) is 0 Å². The minimum Gasteiger partial charge on any atom is -0.507 e. The number of carbonyl (C=O) groups is 2. The smallest absolute Gasteiger partial charge is 0.300 e. The number of nitrogens with zero attached hydrogens (tertiary/aromatic N) is 2. The maximum atomic E-state index is 13.2. The van der Waals surface area contributed by atoms with Crippen LogP contribution in [-0.4, -0.2) is 34.0 Å². The minimum atomic E-state index is -1.02. The van der Waals surface area contributed by atoms with Crippen molar-refractivity contribution >= 4 is 34.7 Å². The molecule has 1 atom stereocenters. The highest BCUT2D eigenvalue weighted by molar-refractivity contribution is 6.52. The van der Waals surface area contributed by atoms with Gasteiger partial charge in [-0.05, 0) is 55.0 Å². The Morgan fingerprint density at radius 2 is 1.81 bits per heavy atom. The van der Waals surface area contributed by atoms with Crippen LogP contribution in [0.1, 0.15) is 22.7 Å². The number of aromatic nitrogens is 1. The van der Waals surface area contributed by atoms with Crippen LogP contribution in [0.3, 0.4) is 0 Å². The van der Waals surface area contributed by atoms with Gasteiger partial charge in [-0.2, -0.15) is 0 Å². The Bertz CT molecular complexity index is 1260. The number of carbonyl (C=O) groups excluding carboxylic acids is 2. The summed E-state index contributed by atoms with van der Waals surface area (Å²) in [6.07, 6.45) is 3.03. The molecule has 162 valence electrons. The summed E-state index contributed by atoms with van der Waals surface area (Å²) in [4.78, 5) is 31.5. The summed E-state index contributed by atoms with van der Waals surface area (Å²) in [6, 6.07) is 11.6. The molecule has 1 amide bonds. The highest BCUT2D eigenvalue weighted by atomic mass is 35.5. The largest absolute Gasteiger partial charge is 0.507 e. The number of aliphatic hydroxyl groups excluding tert-OH is 1. The number of pyridine rings is 1. The van der Waals surface area contributed by atoms with Gasteiger partial charge < -0.3 is 14.9 Å². The van der Waals surface area contributed by atoms with Gasteiger partial charge in [-0.15, -0.1) is 0 Å². The zero-order chi connectivity index (χ0) is 23.0. The molecular formula is C24H19ClN2O5. The van der Waals surface area contributed by atoms with Crippen molar-refractivity contribution in [2.75, 3.05) is 12.0 Å². The van der Waals surface area contributed by atoms with E-state index in [1.807, 2.05) is 6.92 Å². The lowest BCUT2D eigenvalue weighted by molar-refractivity contribution is -0.132. The molecule has 0 radical (unpaired) electrons. The monoisotopic (exact) mass is 450 g/mol. The normalized spacial score (nSPS) is 17.6. The molecule has 0 spiro atoms. The first kappa shape index (κ1) is 21.4. The van der Waals surface area contributed by atoms with E-state index in [1.54, 1.807) is 30.3 Å². The molecule has 1 fully saturated rings. The second kappa shape index (κ2) is 8.36. The minimum absolute atomic E-state index is 0.0525. The van der Waals surface area contributed by atoms with E-state index >= 15 is 0 Å². The Kier molecular flexibility index (Phi) is 5.59. The maximum Gasteiger partial charge on any atom is 0.300 e. The molecule has 1 aromatic heterocycles. The van der Waals surface area contributed by atoms with Crippen LogP contribution in [0.5, 0.6) is 11.5 Å². The number of phenols is 1. The highest BCUT2D eigenvalue weighted by Gasteiger charge is 2.48. The Hall–Kier alpha value is -3.84. The van der Waals surface area contributed by atoms with Crippen LogP contribution in [0.15, 0.2) is 66.5 Å². The summed E-state index contributed by atoms with van der Waals surface area (Å²) < 4.78 is 5.36. The fourth-order valence-corrected chi connectivity index (χ4v) is 3.95. The summed E-state index contributed by atoms with van der Waals surface area (Å²) in [6.45, 7) is 1.83. The average molecular weight is 451 g/mol. The van der Waals surface area contributed by atoms with Gasteiger partial charge in [-0.3, -0.25) is 19.5 Å². The molecule has 1 aliphatic rings. The molecule has 0 aliphatic carbocycles. The summed E-state index contributed by atoms with van der Waals surface area (Å²) >= 11 is 6.10. The number of aliphatic hydroxyl groups is 1. The zero-order valence-electron chi connectivity index (χ0n) is 17.2. The third-order valence-corrected chi connectivity index (χ3v) is 5.51. The first-order valence-electron chi connectivity index (χ1n) is 9.68. The zero-order valence-corrected chi connectivity index (χ0v) is 18.0. The number of ketones is 1. The fraction of sp³-hybridized carbons (Fsp3) is 0.125. The van der Waals surface area contributed by atoms with Crippen LogP contribution >= 0.6 is 11.6 Å². The van der Waals surface area contributed by atoms with E-state index < -0.39 is 17.7 Å². The number of benzene rings is 2. The van der Waals surface area contributed by atoms with Crippen molar-refractivity contribution in [1.29, 1.82) is 0 Å². The molecule has 1 saturated heterocycles. The molecule has 1 aliphatic heterocycles. The van der Waals surface area contributed by atoms with E-state index in [0.717, 1.165) is 10.5 Å². The van der Waals surface area contributed by atoms with Gasteiger partial charge in [0.1, 0.15) is 17.3 Å². The lowest BCUT2D eigenvalue weighted by atomic mass is 9.95. The third-order valence-electron chi connectivity index (χ3n) is 5.27. The summed E-state index contributed by atoms with van der Waals surface area (Å²) in [7, 11) is 1.45. The van der Waals surface area contributed by atoms with E-state index in [2.05, 4.69) is 4.98 Å². The number of ether oxygens (including phenoxy) is 1. The first-order chi connectivity index (χ1) is 15.3. The van der Waals surface area contributed by atoms with E-state index in [1.165, 1.54) is 37.7 Å². The van der Waals surface area contributed by atoms with Crippen molar-refractivity contribution in [2.24, 2.45) is 0 Å². The maximum absolute atomic E-state index is 13.2. The number of hydrogen-bond acceptors (Lipinski definition) is 6. The number of rotatable bonds is 4. The Morgan fingerprint density at radius 1 is 1.09 bits per heavy atom. The molecule has 2 heterocycles. The third kappa shape index (κ3) is 3.56. The first-order valence-corrected chi connectivity index (χ1v) is 10.1. The Morgan fingerprint density at radius 3 is 2.50 bits per heavy atom. The lowest BCUT2D eigenvalue weighted by Crippen LogP contribution is -2.29. The van der Waals surface area contributed by atoms with Gasteiger partial charge in [0.2, 0.25) is 0 Å². The molecule has 8 heteroatoms. The molecule has 32 heavy (non-hydrogen) atoms. The highest BCUT2D eigenvalue weighted by Crippen LogP contribution is 2.46. The van der Waals surface area contributed by atoms with Gasteiger partial charge >= 0.3 is 0 Å². The van der Waals surface area contributed by atoms with Crippen LogP contribution in [0.25, 0.3) is 5.76 Å². The predicted octanol–water partition coefficient (Wildman–Crippen LogP) is 4.38. The van der Waals surface area contributed by atoms with Crippen molar-refractivity contribution in [3.8, 4) is 11.5 Å². The second-order valence-electron chi connectivity index (χ2n) is 7.29. The number of phenolic OH excluding ortho intramolecular Hbond substituents is 1. The number of methoxy groups -OCH3 is 1. The lowest BCUT2D eigenvalue weighted by Gasteiger charge is -2.26. The summed E-state index contributed by atoms with van der Waals surface area (Å²) in [5.74, 6) is -2.07. The molecular weight excluding hydrogens is 432 g/mol. The molecule has 4 rings (SSSR count). The molecule has 2 N–H and O–H groups in total. The summed E-state index contributed by atoms with van der Waals surface area (Å²) in [5, 5.41) is 22.0. The van der Waals surface area contributed by atoms with Gasteiger partial charge in [-0.25, -0.2) is 0 Å². The number of aryl methyl sites for hydroxylation is 1. The molecule has 0 bridgehead atoms. The predicted molar refractivity (Wildman–Crippen MR) is 120 cm³/mol. The van der Waals surface area contributed by atoms with Crippen LogP contribution in [-0.2, 0) is 9.59 Å². The standard InChI is InChI=1S/C24H19ClN2O5/c1-13-3-6-19(32-2)16(11-13)22(29)20-21(14-7-9-26-10-8-14)27(24(31)23(20)30)17-12-15(25)4-5-18(17)28/h3-12,21,28-29H,1-2H3/b22-20+. The second-order valence-corrected chi connectivity index (χ2v) is 7.72. The van der Waals surface area contributed by atoms with Crippen LogP contribution in [0.4, 0.5) is 5.69 Å². The number of amides is 1. The number of hydrogen-bond donors (Lipinski definition) is 2. The number of anilines is 1. The van der Waals surface area contributed by atoms with Gasteiger partial charge in [0.05, 0.1) is 30.0 Å². The van der Waals surface area contributed by atoms with Crippen molar-refractivity contribution in [2.45, 2.75) is 13.0 Å². The fourth-order valence-electron chi connectivity index (χ4n) is 3.78. The van der Waals surface area contributed by atoms with E-state index in [4.69, 9.17) is 16.3 Å². The molecule has 3 aromatic rings. The Balaban J connectivity index is 2.01. The topological polar surface area (TPSA) is 100.0 Å². The van der Waals surface area contributed by atoms with Crippen LogP contribution in [0, 0.1) is 6.92 Å². The average Bonchev–Trinajstić information content (AvgIpc) is 3.06. The van der Waals surface area contributed by atoms with Crippen molar-refractivity contribution < 1.29 is 24.5 Å². The van der Waals surface area contributed by atoms with E-state index in [0.29, 0.717) is 11.3 Å². The van der Waals surface area contributed by atoms with E-state index in [9.17, 15) is 19.8 Å².